The normalized spacial score (nSPS) is 23.8. The van der Waals surface area contributed by atoms with Crippen molar-refractivity contribution in [3.05, 3.63) is 31.1 Å². The fourth-order valence-corrected chi connectivity index (χ4v) is 3.76. The molecule has 19 heavy (non-hydrogen) atoms. The zero-order chi connectivity index (χ0) is 13.3. The molecule has 2 aromatic rings. The summed E-state index contributed by atoms with van der Waals surface area (Å²) in [4.78, 5) is 4.19. The maximum atomic E-state index is 12.2. The summed E-state index contributed by atoms with van der Waals surface area (Å²) in [6.45, 7) is 0. The highest BCUT2D eigenvalue weighted by atomic mass is 32.2. The minimum atomic E-state index is -3.50. The number of imidazole rings is 1. The van der Waals surface area contributed by atoms with Crippen LogP contribution in [-0.4, -0.2) is 34.2 Å². The van der Waals surface area contributed by atoms with Crippen molar-refractivity contribution in [2.24, 2.45) is 0 Å². The Kier molecular flexibility index (Phi) is 3.11. The zero-order valence-electron chi connectivity index (χ0n) is 10.2. The third kappa shape index (κ3) is 2.41. The highest BCUT2D eigenvalue weighted by molar-refractivity contribution is 7.89. The van der Waals surface area contributed by atoms with E-state index in [2.05, 4.69) is 19.9 Å². The highest BCUT2D eigenvalue weighted by Crippen LogP contribution is 2.30. The molecule has 0 aromatic carbocycles. The van der Waals surface area contributed by atoms with E-state index in [-0.39, 0.29) is 17.0 Å². The Balaban J connectivity index is 1.80. The van der Waals surface area contributed by atoms with Gasteiger partial charge in [0.25, 0.3) is 0 Å². The Bertz CT molecular complexity index is 620. The SMILES string of the molecule is O=S(=O)(NC1CCCC1n1ccnc1)c1cn[nH]c1. The molecule has 0 aliphatic heterocycles. The summed E-state index contributed by atoms with van der Waals surface area (Å²) in [6, 6.07) is 0.0262. The van der Waals surface area contributed by atoms with E-state index in [0.29, 0.717) is 0 Å². The maximum absolute atomic E-state index is 12.2. The van der Waals surface area contributed by atoms with Crippen LogP contribution in [-0.2, 0) is 10.0 Å². The summed E-state index contributed by atoms with van der Waals surface area (Å²) in [7, 11) is -3.50. The first-order valence-corrected chi connectivity index (χ1v) is 7.64. The minimum Gasteiger partial charge on any atom is -0.333 e. The molecule has 0 amide bonds. The van der Waals surface area contributed by atoms with Crippen LogP contribution in [0.4, 0.5) is 0 Å². The fourth-order valence-electron chi connectivity index (χ4n) is 2.55. The Hall–Kier alpha value is -1.67. The number of aromatic amines is 1. The lowest BCUT2D eigenvalue weighted by molar-refractivity contribution is 0.431. The van der Waals surface area contributed by atoms with Crippen LogP contribution in [0.25, 0.3) is 0 Å². The molecule has 1 saturated carbocycles. The van der Waals surface area contributed by atoms with Crippen LogP contribution in [0.3, 0.4) is 0 Å². The zero-order valence-corrected chi connectivity index (χ0v) is 11.0. The van der Waals surface area contributed by atoms with E-state index in [1.165, 1.54) is 12.4 Å². The number of aromatic nitrogens is 4. The van der Waals surface area contributed by atoms with Crippen LogP contribution in [0, 0.1) is 0 Å². The van der Waals surface area contributed by atoms with Gasteiger partial charge in [-0.15, -0.1) is 0 Å². The number of nitrogens with one attached hydrogen (secondary N) is 2. The molecule has 7 nitrogen and oxygen atoms in total. The number of H-pyrrole nitrogens is 1. The monoisotopic (exact) mass is 281 g/mol. The third-order valence-electron chi connectivity index (χ3n) is 3.48. The molecule has 1 aliphatic carbocycles. The lowest BCUT2D eigenvalue weighted by Crippen LogP contribution is -2.37. The van der Waals surface area contributed by atoms with Crippen LogP contribution >= 0.6 is 0 Å². The molecule has 102 valence electrons. The van der Waals surface area contributed by atoms with Crippen molar-refractivity contribution >= 4 is 10.0 Å². The highest BCUT2D eigenvalue weighted by Gasteiger charge is 2.32. The second-order valence-corrected chi connectivity index (χ2v) is 6.38. The summed E-state index contributed by atoms with van der Waals surface area (Å²) in [6.07, 6.45) is 10.8. The van der Waals surface area contributed by atoms with Gasteiger partial charge in [-0.3, -0.25) is 5.10 Å². The molecule has 2 aromatic heterocycles. The topological polar surface area (TPSA) is 92.7 Å². The first-order chi connectivity index (χ1) is 9.17. The summed E-state index contributed by atoms with van der Waals surface area (Å²) in [5, 5.41) is 6.19. The molecular formula is C11H15N5O2S. The van der Waals surface area contributed by atoms with Gasteiger partial charge in [0.2, 0.25) is 10.0 Å². The van der Waals surface area contributed by atoms with Crippen LogP contribution in [0.15, 0.2) is 36.0 Å². The van der Waals surface area contributed by atoms with Crippen molar-refractivity contribution in [3.8, 4) is 0 Å². The molecular weight excluding hydrogens is 266 g/mol. The van der Waals surface area contributed by atoms with E-state index < -0.39 is 10.0 Å². The maximum Gasteiger partial charge on any atom is 0.244 e. The van der Waals surface area contributed by atoms with Crippen LogP contribution < -0.4 is 4.72 Å². The molecule has 8 heteroatoms. The average Bonchev–Trinajstić information content (AvgIpc) is 3.11. The van der Waals surface area contributed by atoms with E-state index >= 15 is 0 Å². The Labute approximate surface area is 111 Å². The van der Waals surface area contributed by atoms with Gasteiger partial charge >= 0.3 is 0 Å². The third-order valence-corrected chi connectivity index (χ3v) is 4.93. The summed E-state index contributed by atoms with van der Waals surface area (Å²) >= 11 is 0. The van der Waals surface area contributed by atoms with Gasteiger partial charge in [-0.25, -0.2) is 18.1 Å². The lowest BCUT2D eigenvalue weighted by atomic mass is 10.2. The van der Waals surface area contributed by atoms with Gasteiger partial charge in [0, 0.05) is 24.6 Å². The van der Waals surface area contributed by atoms with E-state index in [9.17, 15) is 8.42 Å². The van der Waals surface area contributed by atoms with Gasteiger partial charge in [0.05, 0.1) is 18.6 Å². The van der Waals surface area contributed by atoms with Crippen molar-refractivity contribution in [1.29, 1.82) is 0 Å². The van der Waals surface area contributed by atoms with Crippen LogP contribution in [0.1, 0.15) is 25.3 Å². The molecule has 2 unspecified atom stereocenters. The first kappa shape index (κ1) is 12.4. The lowest BCUT2D eigenvalue weighted by Gasteiger charge is -2.21. The van der Waals surface area contributed by atoms with Crippen LogP contribution in [0.5, 0.6) is 0 Å². The van der Waals surface area contributed by atoms with Crippen LogP contribution in [0.2, 0.25) is 0 Å². The second kappa shape index (κ2) is 4.78. The Morgan fingerprint density at radius 1 is 1.42 bits per heavy atom. The first-order valence-electron chi connectivity index (χ1n) is 6.15. The molecule has 1 fully saturated rings. The number of sulfonamides is 1. The molecule has 0 saturated heterocycles. The van der Waals surface area contributed by atoms with Gasteiger partial charge in [-0.1, -0.05) is 0 Å². The smallest absolute Gasteiger partial charge is 0.244 e. The van der Waals surface area contributed by atoms with Crippen molar-refractivity contribution in [2.45, 2.75) is 36.2 Å². The van der Waals surface area contributed by atoms with Crippen molar-refractivity contribution in [2.75, 3.05) is 0 Å². The van der Waals surface area contributed by atoms with Gasteiger partial charge in [0.1, 0.15) is 4.90 Å². The molecule has 0 radical (unpaired) electrons. The molecule has 0 spiro atoms. The predicted molar refractivity (Wildman–Crippen MR) is 67.8 cm³/mol. The van der Waals surface area contributed by atoms with Gasteiger partial charge in [0.15, 0.2) is 0 Å². The van der Waals surface area contributed by atoms with Crippen molar-refractivity contribution < 1.29 is 8.42 Å². The number of rotatable bonds is 4. The quantitative estimate of drug-likeness (QED) is 0.862. The van der Waals surface area contributed by atoms with E-state index in [4.69, 9.17) is 0 Å². The molecule has 3 rings (SSSR count). The molecule has 2 atom stereocenters. The summed E-state index contributed by atoms with van der Waals surface area (Å²) in [5.74, 6) is 0. The molecule has 2 heterocycles. The van der Waals surface area contributed by atoms with E-state index in [0.717, 1.165) is 19.3 Å². The largest absolute Gasteiger partial charge is 0.333 e. The predicted octanol–water partition coefficient (Wildman–Crippen LogP) is 0.678. The summed E-state index contributed by atoms with van der Waals surface area (Å²) < 4.78 is 29.1. The Morgan fingerprint density at radius 2 is 2.32 bits per heavy atom. The summed E-state index contributed by atoms with van der Waals surface area (Å²) in [5.41, 5.74) is 0. The van der Waals surface area contributed by atoms with Gasteiger partial charge in [-0.2, -0.15) is 5.10 Å². The second-order valence-electron chi connectivity index (χ2n) is 4.67. The molecule has 0 bridgehead atoms. The van der Waals surface area contributed by atoms with Crippen molar-refractivity contribution in [3.63, 3.8) is 0 Å². The average molecular weight is 281 g/mol. The number of nitrogens with zero attached hydrogens (tertiary/aromatic N) is 3. The molecule has 1 aliphatic rings. The standard InChI is InChI=1S/C11H15N5O2S/c17-19(18,9-6-13-14-7-9)15-10-2-1-3-11(10)16-5-4-12-8-16/h4-8,10-11,15H,1-3H2,(H,13,14). The Morgan fingerprint density at radius 3 is 3.00 bits per heavy atom. The molecule has 2 N–H and O–H groups in total. The van der Waals surface area contributed by atoms with Gasteiger partial charge in [-0.05, 0) is 19.3 Å². The van der Waals surface area contributed by atoms with E-state index in [1.54, 1.807) is 12.5 Å². The number of hydrogen-bond donors (Lipinski definition) is 2. The number of hydrogen-bond acceptors (Lipinski definition) is 4. The van der Waals surface area contributed by atoms with E-state index in [1.807, 2.05) is 10.8 Å². The minimum absolute atomic E-state index is 0.103. The van der Waals surface area contributed by atoms with Gasteiger partial charge < -0.3 is 4.57 Å². The van der Waals surface area contributed by atoms with Crippen molar-refractivity contribution in [1.82, 2.24) is 24.5 Å². The fraction of sp³-hybridized carbons (Fsp3) is 0.455.